The normalized spacial score (nSPS) is 12.0. The molecule has 3 heteroatoms. The third-order valence-corrected chi connectivity index (χ3v) is 8.27. The van der Waals surface area contributed by atoms with E-state index in [4.69, 9.17) is 9.97 Å². The number of hydrogen-bond acceptors (Lipinski definition) is 3. The Hall–Kier alpha value is -5.02. The van der Waals surface area contributed by atoms with Gasteiger partial charge in [0.25, 0.3) is 0 Å². The second-order valence-corrected chi connectivity index (χ2v) is 10.8. The summed E-state index contributed by atoms with van der Waals surface area (Å²) >= 11 is 0. The van der Waals surface area contributed by atoms with Crippen molar-refractivity contribution in [2.75, 3.05) is 4.90 Å². The zero-order chi connectivity index (χ0) is 26.8. The van der Waals surface area contributed by atoms with Crippen LogP contribution in [-0.4, -0.2) is 9.97 Å². The molecule has 0 spiro atoms. The Bertz CT molecular complexity index is 2120. The summed E-state index contributed by atoms with van der Waals surface area (Å²) in [4.78, 5) is 11.8. The van der Waals surface area contributed by atoms with Crippen molar-refractivity contribution < 1.29 is 0 Å². The van der Waals surface area contributed by atoms with Gasteiger partial charge in [-0.15, -0.1) is 0 Å². The first kappa shape index (κ1) is 22.9. The van der Waals surface area contributed by atoms with Crippen LogP contribution in [0.4, 0.5) is 17.1 Å². The largest absolute Gasteiger partial charge is 0.308 e. The number of pyridine rings is 2. The van der Waals surface area contributed by atoms with Crippen molar-refractivity contribution in [1.82, 2.24) is 9.97 Å². The van der Waals surface area contributed by atoms with E-state index in [1.54, 1.807) is 0 Å². The molecule has 2 aromatic heterocycles. The van der Waals surface area contributed by atoms with E-state index >= 15 is 0 Å². The van der Waals surface area contributed by atoms with Crippen LogP contribution in [0.2, 0.25) is 0 Å². The van der Waals surface area contributed by atoms with E-state index in [-0.39, 0.29) is 0 Å². The molecule has 0 fully saturated rings. The zero-order valence-corrected chi connectivity index (χ0v) is 22.5. The smallest absolute Gasteiger partial charge is 0.0723 e. The quantitative estimate of drug-likeness (QED) is 0.219. The zero-order valence-electron chi connectivity index (χ0n) is 22.5. The molecule has 0 aliphatic rings. The molecule has 3 nitrogen and oxygen atoms in total. The van der Waals surface area contributed by atoms with Crippen LogP contribution in [0.3, 0.4) is 0 Å². The summed E-state index contributed by atoms with van der Waals surface area (Å²) in [6.07, 6.45) is 3.83. The SMILES string of the molecule is CC(C)c1ccc2ccc3c(N(c4ccnc5ccccc45)c4ccnc5ccccc45)ccc4ccc1c2c43. The number of anilines is 3. The van der Waals surface area contributed by atoms with Crippen molar-refractivity contribution in [3.05, 3.63) is 127 Å². The van der Waals surface area contributed by atoms with Crippen molar-refractivity contribution in [3.63, 3.8) is 0 Å². The van der Waals surface area contributed by atoms with Gasteiger partial charge in [0.1, 0.15) is 0 Å². The molecule has 40 heavy (non-hydrogen) atoms. The molecule has 0 saturated carbocycles. The minimum Gasteiger partial charge on any atom is -0.308 e. The number of benzene rings is 6. The van der Waals surface area contributed by atoms with E-state index in [9.17, 15) is 0 Å². The first-order valence-electron chi connectivity index (χ1n) is 13.9. The summed E-state index contributed by atoms with van der Waals surface area (Å²) < 4.78 is 0. The summed E-state index contributed by atoms with van der Waals surface area (Å²) in [6.45, 7) is 4.56. The molecule has 0 saturated heterocycles. The average molecular weight is 514 g/mol. The minimum absolute atomic E-state index is 0.451. The molecule has 0 aliphatic heterocycles. The summed E-state index contributed by atoms with van der Waals surface area (Å²) in [7, 11) is 0. The molecular weight excluding hydrogens is 486 g/mol. The number of hydrogen-bond donors (Lipinski definition) is 0. The highest BCUT2D eigenvalue weighted by atomic mass is 15.2. The Morgan fingerprint density at radius 1 is 0.475 bits per heavy atom. The van der Waals surface area contributed by atoms with Crippen LogP contribution in [0.25, 0.3) is 54.1 Å². The molecule has 0 radical (unpaired) electrons. The lowest BCUT2D eigenvalue weighted by molar-refractivity contribution is 0.877. The highest BCUT2D eigenvalue weighted by molar-refractivity contribution is 6.26. The summed E-state index contributed by atoms with van der Waals surface area (Å²) in [6, 6.07) is 39.3. The van der Waals surface area contributed by atoms with Crippen LogP contribution >= 0.6 is 0 Å². The van der Waals surface area contributed by atoms with Gasteiger partial charge in [0.15, 0.2) is 0 Å². The van der Waals surface area contributed by atoms with Gasteiger partial charge in [-0.2, -0.15) is 0 Å². The van der Waals surface area contributed by atoms with Gasteiger partial charge in [0.05, 0.1) is 28.1 Å². The third kappa shape index (κ3) is 3.31. The van der Waals surface area contributed by atoms with Crippen LogP contribution in [0.5, 0.6) is 0 Å². The van der Waals surface area contributed by atoms with Crippen molar-refractivity contribution in [2.24, 2.45) is 0 Å². The van der Waals surface area contributed by atoms with Crippen molar-refractivity contribution in [2.45, 2.75) is 19.8 Å². The van der Waals surface area contributed by atoms with Gasteiger partial charge in [0, 0.05) is 28.6 Å². The van der Waals surface area contributed by atoms with Gasteiger partial charge in [0.2, 0.25) is 0 Å². The molecule has 6 aromatic carbocycles. The summed E-state index contributed by atoms with van der Waals surface area (Å²) in [5.41, 5.74) is 6.68. The number of aromatic nitrogens is 2. The lowest BCUT2D eigenvalue weighted by Crippen LogP contribution is -2.12. The maximum Gasteiger partial charge on any atom is 0.0723 e. The van der Waals surface area contributed by atoms with Gasteiger partial charge < -0.3 is 4.90 Å². The van der Waals surface area contributed by atoms with Crippen LogP contribution in [0, 0.1) is 0 Å². The minimum atomic E-state index is 0.451. The fourth-order valence-corrected chi connectivity index (χ4v) is 6.45. The van der Waals surface area contributed by atoms with Crippen LogP contribution < -0.4 is 4.90 Å². The molecule has 0 amide bonds. The van der Waals surface area contributed by atoms with Crippen LogP contribution in [0.1, 0.15) is 25.3 Å². The van der Waals surface area contributed by atoms with Crippen molar-refractivity contribution in [3.8, 4) is 0 Å². The van der Waals surface area contributed by atoms with E-state index in [0.717, 1.165) is 38.9 Å². The predicted octanol–water partition coefficient (Wildman–Crippen LogP) is 10.3. The molecule has 190 valence electrons. The first-order valence-corrected chi connectivity index (χ1v) is 13.9. The fraction of sp³-hybridized carbons (Fsp3) is 0.0811. The van der Waals surface area contributed by atoms with Crippen molar-refractivity contribution in [1.29, 1.82) is 0 Å². The molecule has 2 heterocycles. The average Bonchev–Trinajstić information content (AvgIpc) is 3.00. The second kappa shape index (κ2) is 8.75. The summed E-state index contributed by atoms with van der Waals surface area (Å²) in [5.74, 6) is 0.451. The standard InChI is InChI=1S/C37H27N3/c1-23(2)26-15-11-24-13-17-30-33(18-14-25-12-16-27(26)36(24)37(25)30)40(34-19-21-38-31-9-5-3-7-28(31)34)35-20-22-39-32-10-6-4-8-29(32)35/h3-23H,1-2H3. The molecule has 0 unspecified atom stereocenters. The number of para-hydroxylation sites is 2. The Balaban J connectivity index is 1.52. The van der Waals surface area contributed by atoms with Crippen molar-refractivity contribution >= 4 is 71.2 Å². The van der Waals surface area contributed by atoms with Gasteiger partial charge >= 0.3 is 0 Å². The maximum absolute atomic E-state index is 4.69. The number of fused-ring (bicyclic) bond motifs is 2. The molecular formula is C37H27N3. The third-order valence-electron chi connectivity index (χ3n) is 8.27. The first-order chi connectivity index (χ1) is 19.7. The Morgan fingerprint density at radius 3 is 1.60 bits per heavy atom. The molecule has 0 N–H and O–H groups in total. The fourth-order valence-electron chi connectivity index (χ4n) is 6.45. The van der Waals surface area contributed by atoms with Gasteiger partial charge in [-0.1, -0.05) is 92.7 Å². The number of rotatable bonds is 4. The maximum atomic E-state index is 4.69. The lowest BCUT2D eigenvalue weighted by atomic mass is 9.88. The van der Waals surface area contributed by atoms with Gasteiger partial charge in [-0.05, 0) is 68.7 Å². The topological polar surface area (TPSA) is 29.0 Å². The molecule has 8 aromatic rings. The Labute approximate surface area is 232 Å². The van der Waals surface area contributed by atoms with Gasteiger partial charge in [-0.3, -0.25) is 9.97 Å². The number of nitrogens with zero attached hydrogens (tertiary/aromatic N) is 3. The summed E-state index contributed by atoms with van der Waals surface area (Å²) in [5, 5.41) is 10.0. The second-order valence-electron chi connectivity index (χ2n) is 10.8. The molecule has 8 rings (SSSR count). The van der Waals surface area contributed by atoms with E-state index in [0.29, 0.717) is 5.92 Å². The Kier molecular flexibility index (Phi) is 5.02. The molecule has 0 bridgehead atoms. The van der Waals surface area contributed by atoms with E-state index in [2.05, 4.69) is 116 Å². The monoisotopic (exact) mass is 513 g/mol. The highest BCUT2D eigenvalue weighted by Crippen LogP contribution is 2.47. The van der Waals surface area contributed by atoms with E-state index in [1.165, 1.54) is 37.9 Å². The van der Waals surface area contributed by atoms with E-state index in [1.807, 2.05) is 24.5 Å². The Morgan fingerprint density at radius 2 is 0.975 bits per heavy atom. The van der Waals surface area contributed by atoms with Crippen LogP contribution in [-0.2, 0) is 0 Å². The molecule has 0 atom stereocenters. The highest BCUT2D eigenvalue weighted by Gasteiger charge is 2.22. The van der Waals surface area contributed by atoms with Crippen LogP contribution in [0.15, 0.2) is 122 Å². The van der Waals surface area contributed by atoms with Gasteiger partial charge in [-0.25, -0.2) is 0 Å². The lowest BCUT2D eigenvalue weighted by Gasteiger charge is -2.29. The predicted molar refractivity (Wildman–Crippen MR) is 170 cm³/mol. The molecule has 0 aliphatic carbocycles. The van der Waals surface area contributed by atoms with E-state index < -0.39 is 0 Å².